The molecule has 0 radical (unpaired) electrons. The van der Waals surface area contributed by atoms with Gasteiger partial charge in [-0.15, -0.1) is 10.2 Å². The monoisotopic (exact) mass is 291 g/mol. The summed E-state index contributed by atoms with van der Waals surface area (Å²) in [4.78, 5) is 0. The summed E-state index contributed by atoms with van der Waals surface area (Å²) in [7, 11) is 0. The van der Waals surface area contributed by atoms with Crippen LogP contribution in [0.5, 0.6) is 0 Å². The summed E-state index contributed by atoms with van der Waals surface area (Å²) in [6, 6.07) is 5.45. The van der Waals surface area contributed by atoms with Crippen LogP contribution in [0.3, 0.4) is 0 Å². The number of hydrogen-bond donors (Lipinski definition) is 1. The molecule has 1 aromatic carbocycles. The Hall–Kier alpha value is -1.10. The lowest BCUT2D eigenvalue weighted by Crippen LogP contribution is -1.95. The molecule has 0 spiro atoms. The predicted octanol–water partition coefficient (Wildman–Crippen LogP) is 4.32. The largest absolute Gasteiger partial charge is 0.352 e. The molecule has 0 aliphatic carbocycles. The normalized spacial score (nSPS) is 10.4. The Labute approximate surface area is 112 Å². The Morgan fingerprint density at radius 3 is 2.47 bits per heavy atom. The molecule has 0 aliphatic rings. The first-order valence-corrected chi connectivity index (χ1v) is 5.60. The number of halogens is 4. The topological polar surface area (TPSA) is 37.8 Å². The van der Waals surface area contributed by atoms with Gasteiger partial charge in [0.05, 0.1) is 16.4 Å². The molecule has 0 atom stereocenters. The molecule has 0 amide bonds. The Kier molecular flexibility index (Phi) is 3.66. The van der Waals surface area contributed by atoms with E-state index in [0.29, 0.717) is 11.4 Å². The van der Waals surface area contributed by atoms with Crippen LogP contribution in [0.15, 0.2) is 24.3 Å². The highest BCUT2D eigenvalue weighted by atomic mass is 35.5. The summed E-state index contributed by atoms with van der Waals surface area (Å²) in [5.74, 6) is -0.419. The number of nitrogens with zero attached hydrogens (tertiary/aromatic N) is 2. The van der Waals surface area contributed by atoms with E-state index in [1.165, 1.54) is 24.3 Å². The molecule has 0 fully saturated rings. The number of hydrogen-bond acceptors (Lipinski definition) is 3. The molecule has 0 unspecified atom stereocenters. The molecule has 0 saturated carbocycles. The van der Waals surface area contributed by atoms with Crippen molar-refractivity contribution in [3.63, 3.8) is 0 Å². The second-order valence-corrected chi connectivity index (χ2v) is 4.27. The highest BCUT2D eigenvalue weighted by molar-refractivity contribution is 6.35. The summed E-state index contributed by atoms with van der Waals surface area (Å²) in [6.45, 7) is 0. The SMILES string of the molecule is Fc1ccc(Nc2cc(Cl)nnc2Cl)c(Cl)c1. The van der Waals surface area contributed by atoms with Crippen molar-refractivity contribution in [2.45, 2.75) is 0 Å². The fraction of sp³-hybridized carbons (Fsp3) is 0. The van der Waals surface area contributed by atoms with Crippen molar-refractivity contribution in [3.05, 3.63) is 45.4 Å². The van der Waals surface area contributed by atoms with Gasteiger partial charge in [-0.3, -0.25) is 0 Å². The quantitative estimate of drug-likeness (QED) is 0.895. The van der Waals surface area contributed by atoms with Gasteiger partial charge in [-0.25, -0.2) is 4.39 Å². The van der Waals surface area contributed by atoms with Crippen molar-refractivity contribution in [2.75, 3.05) is 5.32 Å². The van der Waals surface area contributed by atoms with Crippen molar-refractivity contribution >= 4 is 46.2 Å². The zero-order valence-corrected chi connectivity index (χ0v) is 10.5. The highest BCUT2D eigenvalue weighted by Gasteiger charge is 2.07. The minimum Gasteiger partial charge on any atom is -0.352 e. The van der Waals surface area contributed by atoms with Gasteiger partial charge in [0, 0.05) is 6.07 Å². The Balaban J connectivity index is 2.34. The first-order valence-electron chi connectivity index (χ1n) is 4.47. The maximum Gasteiger partial charge on any atom is 0.175 e. The molecule has 1 aromatic heterocycles. The van der Waals surface area contributed by atoms with E-state index in [-0.39, 0.29) is 15.3 Å². The molecule has 0 bridgehead atoms. The van der Waals surface area contributed by atoms with E-state index in [4.69, 9.17) is 34.8 Å². The molecule has 1 N–H and O–H groups in total. The van der Waals surface area contributed by atoms with E-state index in [9.17, 15) is 4.39 Å². The summed E-state index contributed by atoms with van der Waals surface area (Å²) in [5, 5.41) is 10.7. The summed E-state index contributed by atoms with van der Waals surface area (Å²) < 4.78 is 12.8. The fourth-order valence-corrected chi connectivity index (χ4v) is 1.68. The van der Waals surface area contributed by atoms with Crippen LogP contribution in [0, 0.1) is 5.82 Å². The van der Waals surface area contributed by atoms with Gasteiger partial charge < -0.3 is 5.32 Å². The van der Waals surface area contributed by atoms with Crippen LogP contribution in [0.1, 0.15) is 0 Å². The van der Waals surface area contributed by atoms with Crippen molar-refractivity contribution in [2.24, 2.45) is 0 Å². The van der Waals surface area contributed by atoms with Gasteiger partial charge in [0.1, 0.15) is 5.82 Å². The summed E-state index contributed by atoms with van der Waals surface area (Å²) in [6.07, 6.45) is 0. The third kappa shape index (κ3) is 2.97. The van der Waals surface area contributed by atoms with Crippen molar-refractivity contribution in [1.82, 2.24) is 10.2 Å². The Bertz CT molecular complexity index is 562. The fourth-order valence-electron chi connectivity index (χ4n) is 1.18. The highest BCUT2D eigenvalue weighted by Crippen LogP contribution is 2.29. The van der Waals surface area contributed by atoms with Crippen molar-refractivity contribution < 1.29 is 4.39 Å². The predicted molar refractivity (Wildman–Crippen MR) is 66.7 cm³/mol. The molecule has 17 heavy (non-hydrogen) atoms. The first-order chi connectivity index (χ1) is 8.06. The molecule has 3 nitrogen and oxygen atoms in total. The van der Waals surface area contributed by atoms with Gasteiger partial charge in [0.2, 0.25) is 0 Å². The van der Waals surface area contributed by atoms with Crippen LogP contribution in [0.2, 0.25) is 15.3 Å². The summed E-state index contributed by atoms with van der Waals surface area (Å²) >= 11 is 17.4. The molecular weight excluding hydrogens is 287 g/mol. The van der Waals surface area contributed by atoms with E-state index in [0.717, 1.165) is 0 Å². The average Bonchev–Trinajstić information content (AvgIpc) is 2.27. The number of anilines is 2. The number of nitrogens with one attached hydrogen (secondary N) is 1. The molecule has 0 saturated heterocycles. The second kappa shape index (κ2) is 5.04. The van der Waals surface area contributed by atoms with Gasteiger partial charge in [0.15, 0.2) is 10.3 Å². The minimum atomic E-state index is -0.419. The molecule has 7 heteroatoms. The summed E-state index contributed by atoms with van der Waals surface area (Å²) in [5.41, 5.74) is 0.944. The number of benzene rings is 1. The van der Waals surface area contributed by atoms with Gasteiger partial charge in [-0.05, 0) is 18.2 Å². The third-order valence-electron chi connectivity index (χ3n) is 1.92. The molecular formula is C10H5Cl3FN3. The smallest absolute Gasteiger partial charge is 0.175 e. The van der Waals surface area contributed by atoms with E-state index in [1.807, 2.05) is 0 Å². The molecule has 1 heterocycles. The lowest BCUT2D eigenvalue weighted by atomic mass is 10.3. The van der Waals surface area contributed by atoms with E-state index < -0.39 is 5.82 Å². The van der Waals surface area contributed by atoms with Gasteiger partial charge >= 0.3 is 0 Å². The Morgan fingerprint density at radius 2 is 1.76 bits per heavy atom. The zero-order chi connectivity index (χ0) is 12.4. The van der Waals surface area contributed by atoms with Crippen molar-refractivity contribution in [1.29, 1.82) is 0 Å². The van der Waals surface area contributed by atoms with Gasteiger partial charge in [-0.2, -0.15) is 0 Å². The van der Waals surface area contributed by atoms with Crippen LogP contribution in [-0.4, -0.2) is 10.2 Å². The number of aromatic nitrogens is 2. The average molecular weight is 293 g/mol. The molecule has 2 rings (SSSR count). The van der Waals surface area contributed by atoms with Crippen LogP contribution in [0.25, 0.3) is 0 Å². The zero-order valence-electron chi connectivity index (χ0n) is 8.22. The Morgan fingerprint density at radius 1 is 1.00 bits per heavy atom. The molecule has 88 valence electrons. The van der Waals surface area contributed by atoms with Crippen LogP contribution < -0.4 is 5.32 Å². The first kappa shape index (κ1) is 12.4. The second-order valence-electron chi connectivity index (χ2n) is 3.12. The van der Waals surface area contributed by atoms with Crippen molar-refractivity contribution in [3.8, 4) is 0 Å². The van der Waals surface area contributed by atoms with Gasteiger partial charge in [-0.1, -0.05) is 34.8 Å². The molecule has 2 aromatic rings. The minimum absolute atomic E-state index is 0.148. The lowest BCUT2D eigenvalue weighted by Gasteiger charge is -2.09. The molecule has 0 aliphatic heterocycles. The maximum absolute atomic E-state index is 12.8. The third-order valence-corrected chi connectivity index (χ3v) is 2.70. The van der Waals surface area contributed by atoms with Crippen LogP contribution >= 0.6 is 34.8 Å². The lowest BCUT2D eigenvalue weighted by molar-refractivity contribution is 0.628. The maximum atomic E-state index is 12.8. The van der Waals surface area contributed by atoms with Crippen LogP contribution in [0.4, 0.5) is 15.8 Å². The van der Waals surface area contributed by atoms with E-state index in [1.54, 1.807) is 0 Å². The van der Waals surface area contributed by atoms with Crippen LogP contribution in [-0.2, 0) is 0 Å². The van der Waals surface area contributed by atoms with Gasteiger partial charge in [0.25, 0.3) is 0 Å². The van der Waals surface area contributed by atoms with E-state index in [2.05, 4.69) is 15.5 Å². The number of rotatable bonds is 2. The van der Waals surface area contributed by atoms with E-state index >= 15 is 0 Å². The standard InChI is InChI=1S/C10H5Cl3FN3/c11-6-3-5(14)1-2-7(6)15-8-4-9(12)16-17-10(8)13/h1-4H,(H,15,16).